The summed E-state index contributed by atoms with van der Waals surface area (Å²) in [5.74, 6) is 0.151. The third-order valence-electron chi connectivity index (χ3n) is 1.96. The summed E-state index contributed by atoms with van der Waals surface area (Å²) in [4.78, 5) is 0. The molecule has 1 heterocycles. The highest BCUT2D eigenvalue weighted by molar-refractivity contribution is 8.06. The quantitative estimate of drug-likeness (QED) is 0.726. The van der Waals surface area contributed by atoms with E-state index in [-0.39, 0.29) is 16.7 Å². The van der Waals surface area contributed by atoms with E-state index in [4.69, 9.17) is 0 Å². The standard InChI is InChI=1S/C8H14N3O2S/c1-4-14(12,13)8-7(6(2)3)5-9-11-10-8/h5-6,11H,4H2,1-3H3. The first-order valence-electron chi connectivity index (χ1n) is 4.44. The Labute approximate surface area is 84.2 Å². The van der Waals surface area contributed by atoms with Gasteiger partial charge < -0.3 is 0 Å². The maximum Gasteiger partial charge on any atom is 0.197 e. The Hall–Kier alpha value is -1.04. The van der Waals surface area contributed by atoms with Crippen LogP contribution < -0.4 is 11.0 Å². The summed E-state index contributed by atoms with van der Waals surface area (Å²) in [6.45, 7) is 5.42. The number of hydrogen-bond donors (Lipinski definition) is 1. The molecular formula is C8H14N3O2S. The highest BCUT2D eigenvalue weighted by Gasteiger charge is 2.26. The Morgan fingerprint density at radius 2 is 2.14 bits per heavy atom. The first kappa shape index (κ1) is 11.0. The third kappa shape index (κ3) is 2.06. The van der Waals surface area contributed by atoms with E-state index < -0.39 is 9.84 Å². The van der Waals surface area contributed by atoms with Gasteiger partial charge in [0.25, 0.3) is 0 Å². The molecule has 0 aliphatic carbocycles. The first-order chi connectivity index (χ1) is 6.49. The molecule has 0 aromatic carbocycles. The van der Waals surface area contributed by atoms with E-state index in [1.165, 1.54) is 6.20 Å². The SMILES string of the molecule is CCS(=O)(=O)C1=NN[N]C=C1C(C)C. The lowest BCUT2D eigenvalue weighted by Crippen LogP contribution is -2.31. The molecule has 1 N–H and O–H groups in total. The maximum atomic E-state index is 11.6. The summed E-state index contributed by atoms with van der Waals surface area (Å²) in [7, 11) is -3.26. The van der Waals surface area contributed by atoms with Gasteiger partial charge >= 0.3 is 0 Å². The van der Waals surface area contributed by atoms with E-state index in [2.05, 4.69) is 16.1 Å². The molecule has 0 atom stereocenters. The Bertz CT molecular complexity index is 368. The number of nitrogens with one attached hydrogen (secondary N) is 1. The lowest BCUT2D eigenvalue weighted by Gasteiger charge is -2.17. The van der Waals surface area contributed by atoms with Crippen molar-refractivity contribution in [3.8, 4) is 0 Å². The van der Waals surface area contributed by atoms with Crippen LogP contribution in [0.1, 0.15) is 20.8 Å². The molecule has 0 amide bonds. The van der Waals surface area contributed by atoms with Crippen LogP contribution in [0.5, 0.6) is 0 Å². The minimum atomic E-state index is -3.26. The largest absolute Gasteiger partial charge is 0.222 e. The van der Waals surface area contributed by atoms with Crippen molar-refractivity contribution in [2.45, 2.75) is 20.8 Å². The Kier molecular flexibility index (Phi) is 3.15. The van der Waals surface area contributed by atoms with Crippen LogP contribution in [0.3, 0.4) is 0 Å². The number of sulfone groups is 1. The minimum Gasteiger partial charge on any atom is -0.222 e. The van der Waals surface area contributed by atoms with Gasteiger partial charge in [-0.15, -0.1) is 5.10 Å². The van der Waals surface area contributed by atoms with Gasteiger partial charge in [-0.05, 0) is 5.92 Å². The number of hydrazone groups is 1. The van der Waals surface area contributed by atoms with Gasteiger partial charge in [0.2, 0.25) is 0 Å². The van der Waals surface area contributed by atoms with Crippen LogP contribution in [0.4, 0.5) is 0 Å². The zero-order valence-corrected chi connectivity index (χ0v) is 9.30. The van der Waals surface area contributed by atoms with Crippen molar-refractivity contribution < 1.29 is 8.42 Å². The fraction of sp³-hybridized carbons (Fsp3) is 0.625. The average molecular weight is 216 g/mol. The van der Waals surface area contributed by atoms with Crippen molar-refractivity contribution in [2.24, 2.45) is 11.0 Å². The molecule has 79 valence electrons. The molecular weight excluding hydrogens is 202 g/mol. The summed E-state index contributed by atoms with van der Waals surface area (Å²) >= 11 is 0. The summed E-state index contributed by atoms with van der Waals surface area (Å²) in [6.07, 6.45) is 1.51. The summed E-state index contributed by atoms with van der Waals surface area (Å²) in [5.41, 5.74) is 6.69. The molecule has 1 aliphatic rings. The molecule has 14 heavy (non-hydrogen) atoms. The molecule has 0 spiro atoms. The van der Waals surface area contributed by atoms with Crippen LogP contribution in [0, 0.1) is 5.92 Å². The van der Waals surface area contributed by atoms with Crippen LogP contribution in [0.15, 0.2) is 16.9 Å². The van der Waals surface area contributed by atoms with Crippen molar-refractivity contribution in [3.63, 3.8) is 0 Å². The first-order valence-corrected chi connectivity index (χ1v) is 6.10. The molecule has 1 radical (unpaired) electrons. The van der Waals surface area contributed by atoms with Gasteiger partial charge in [-0.3, -0.25) is 0 Å². The summed E-state index contributed by atoms with van der Waals surface area (Å²) in [6, 6.07) is 0. The van der Waals surface area contributed by atoms with Gasteiger partial charge in [0, 0.05) is 5.57 Å². The maximum absolute atomic E-state index is 11.6. The number of nitrogens with zero attached hydrogens (tertiary/aromatic N) is 2. The molecule has 0 unspecified atom stereocenters. The molecule has 0 fully saturated rings. The van der Waals surface area contributed by atoms with Crippen molar-refractivity contribution in [1.82, 2.24) is 11.0 Å². The second-order valence-corrected chi connectivity index (χ2v) is 5.48. The van der Waals surface area contributed by atoms with Crippen LogP contribution in [0.25, 0.3) is 0 Å². The second kappa shape index (κ2) is 4.00. The van der Waals surface area contributed by atoms with Crippen LogP contribution in [0.2, 0.25) is 0 Å². The predicted octanol–water partition coefficient (Wildman–Crippen LogP) is 0.397. The van der Waals surface area contributed by atoms with Crippen LogP contribution in [-0.2, 0) is 9.84 Å². The predicted molar refractivity (Wildman–Crippen MR) is 55.1 cm³/mol. The smallest absolute Gasteiger partial charge is 0.197 e. The van der Waals surface area contributed by atoms with Crippen molar-refractivity contribution >= 4 is 14.9 Å². The van der Waals surface area contributed by atoms with Gasteiger partial charge in [-0.1, -0.05) is 20.8 Å². The van der Waals surface area contributed by atoms with E-state index in [9.17, 15) is 8.42 Å². The van der Waals surface area contributed by atoms with E-state index in [1.807, 2.05) is 13.8 Å². The number of hydrogen-bond acceptors (Lipinski definition) is 4. The van der Waals surface area contributed by atoms with Gasteiger partial charge in [-0.25, -0.2) is 8.42 Å². The normalized spacial score (nSPS) is 16.9. The monoisotopic (exact) mass is 216 g/mol. The highest BCUT2D eigenvalue weighted by Crippen LogP contribution is 2.16. The zero-order chi connectivity index (χ0) is 10.8. The third-order valence-corrected chi connectivity index (χ3v) is 3.63. The second-order valence-electron chi connectivity index (χ2n) is 3.29. The fourth-order valence-electron chi connectivity index (χ4n) is 1.07. The Morgan fingerprint density at radius 1 is 1.50 bits per heavy atom. The van der Waals surface area contributed by atoms with Gasteiger partial charge in [0.05, 0.1) is 12.0 Å². The van der Waals surface area contributed by atoms with Crippen molar-refractivity contribution in [3.05, 3.63) is 11.8 Å². The van der Waals surface area contributed by atoms with E-state index in [0.29, 0.717) is 5.57 Å². The fourth-order valence-corrected chi connectivity index (χ4v) is 2.18. The molecule has 0 aromatic heterocycles. The molecule has 5 nitrogen and oxygen atoms in total. The Balaban J connectivity index is 3.10. The lowest BCUT2D eigenvalue weighted by molar-refractivity contribution is 0.599. The molecule has 0 saturated carbocycles. The molecule has 0 saturated heterocycles. The summed E-state index contributed by atoms with van der Waals surface area (Å²) < 4.78 is 23.2. The van der Waals surface area contributed by atoms with Gasteiger partial charge in [0.1, 0.15) is 0 Å². The van der Waals surface area contributed by atoms with Crippen LogP contribution >= 0.6 is 0 Å². The molecule has 0 aromatic rings. The number of rotatable bonds is 2. The molecule has 1 aliphatic heterocycles. The Morgan fingerprint density at radius 3 is 2.64 bits per heavy atom. The summed E-state index contributed by atoms with van der Waals surface area (Å²) in [5, 5.41) is 3.83. The van der Waals surface area contributed by atoms with Gasteiger partial charge in [-0.2, -0.15) is 11.0 Å². The molecule has 1 rings (SSSR count). The molecule has 0 bridgehead atoms. The van der Waals surface area contributed by atoms with Gasteiger partial charge in [0.15, 0.2) is 14.9 Å². The average Bonchev–Trinajstić information content (AvgIpc) is 2.18. The topological polar surface area (TPSA) is 72.6 Å². The highest BCUT2D eigenvalue weighted by atomic mass is 32.2. The van der Waals surface area contributed by atoms with Crippen molar-refractivity contribution in [2.75, 3.05) is 5.75 Å². The van der Waals surface area contributed by atoms with E-state index in [0.717, 1.165) is 0 Å². The van der Waals surface area contributed by atoms with Crippen molar-refractivity contribution in [1.29, 1.82) is 0 Å². The van der Waals surface area contributed by atoms with E-state index in [1.54, 1.807) is 6.92 Å². The lowest BCUT2D eigenvalue weighted by atomic mass is 10.1. The molecule has 6 heteroatoms. The zero-order valence-electron chi connectivity index (χ0n) is 8.48. The van der Waals surface area contributed by atoms with Crippen LogP contribution in [-0.4, -0.2) is 19.2 Å². The minimum absolute atomic E-state index is 0.0531. The van der Waals surface area contributed by atoms with E-state index >= 15 is 0 Å².